The number of hydrogen-bond acceptors (Lipinski definition) is 5. The lowest BCUT2D eigenvalue weighted by Gasteiger charge is -2.32. The van der Waals surface area contributed by atoms with Gasteiger partial charge < -0.3 is 14.0 Å². The maximum absolute atomic E-state index is 6.15. The third kappa shape index (κ3) is 2.50. The van der Waals surface area contributed by atoms with E-state index in [-0.39, 0.29) is 18.3 Å². The lowest BCUT2D eigenvalue weighted by molar-refractivity contribution is 0.00578. The molecule has 0 unspecified atom stereocenters. The lowest BCUT2D eigenvalue weighted by atomic mass is 9.79. The Bertz CT molecular complexity index is 652. The van der Waals surface area contributed by atoms with Crippen molar-refractivity contribution in [1.29, 1.82) is 0 Å². The van der Waals surface area contributed by atoms with E-state index in [9.17, 15) is 0 Å². The molecule has 3 rings (SSSR count). The molecule has 0 radical (unpaired) electrons. The Morgan fingerprint density at radius 2 is 1.86 bits per heavy atom. The Hall–Kier alpha value is -0.945. The van der Waals surface area contributed by atoms with Gasteiger partial charge in [0.05, 0.1) is 28.0 Å². The van der Waals surface area contributed by atoms with Gasteiger partial charge in [0.1, 0.15) is 5.01 Å². The number of aromatic nitrogens is 1. The second-order valence-corrected chi connectivity index (χ2v) is 7.41. The van der Waals surface area contributed by atoms with E-state index in [1.165, 1.54) is 0 Å². The van der Waals surface area contributed by atoms with E-state index in [1.54, 1.807) is 18.4 Å². The van der Waals surface area contributed by atoms with Gasteiger partial charge in [-0.05, 0) is 33.8 Å². The fourth-order valence-corrected chi connectivity index (χ4v) is 3.41. The van der Waals surface area contributed by atoms with Gasteiger partial charge in [-0.15, -0.1) is 11.3 Å². The number of methoxy groups -OCH3 is 1. The zero-order chi connectivity index (χ0) is 15.3. The highest BCUT2D eigenvalue weighted by molar-refractivity contribution is 7.20. The number of ether oxygens (including phenoxy) is 1. The van der Waals surface area contributed by atoms with Crippen molar-refractivity contribution in [3.8, 4) is 0 Å². The van der Waals surface area contributed by atoms with Crippen LogP contribution in [0.3, 0.4) is 0 Å². The quantitative estimate of drug-likeness (QED) is 0.818. The van der Waals surface area contributed by atoms with Crippen LogP contribution >= 0.6 is 11.3 Å². The van der Waals surface area contributed by atoms with Crippen molar-refractivity contribution in [2.24, 2.45) is 0 Å². The fraction of sp³-hybridized carbons (Fsp3) is 0.533. The normalized spacial score (nSPS) is 20.3. The highest BCUT2D eigenvalue weighted by Crippen LogP contribution is 2.37. The molecule has 1 aromatic carbocycles. The Labute approximate surface area is 129 Å². The summed E-state index contributed by atoms with van der Waals surface area (Å²) in [7, 11) is 1.33. The van der Waals surface area contributed by atoms with Gasteiger partial charge in [-0.2, -0.15) is 0 Å². The zero-order valence-corrected chi connectivity index (χ0v) is 13.9. The molecular weight excluding hydrogens is 285 g/mol. The third-order valence-electron chi connectivity index (χ3n) is 4.26. The minimum absolute atomic E-state index is 0.333. The van der Waals surface area contributed by atoms with Gasteiger partial charge in [0.2, 0.25) is 0 Å². The molecule has 0 bridgehead atoms. The molecule has 0 aliphatic carbocycles. The molecule has 2 aromatic rings. The Morgan fingerprint density at radius 3 is 2.48 bits per heavy atom. The Kier molecular flexibility index (Phi) is 3.60. The second kappa shape index (κ2) is 5.05. The lowest BCUT2D eigenvalue weighted by Crippen LogP contribution is -2.41. The van der Waals surface area contributed by atoms with E-state index in [1.807, 2.05) is 12.1 Å². The maximum Gasteiger partial charge on any atom is 0.496 e. The molecule has 2 heterocycles. The van der Waals surface area contributed by atoms with Crippen LogP contribution in [0.5, 0.6) is 0 Å². The molecule has 1 fully saturated rings. The minimum Gasteiger partial charge on any atom is -0.399 e. The molecule has 0 N–H and O–H groups in total. The summed E-state index contributed by atoms with van der Waals surface area (Å²) in [6.07, 6.45) is 0. The van der Waals surface area contributed by atoms with Crippen molar-refractivity contribution in [3.05, 3.63) is 23.2 Å². The predicted octanol–water partition coefficient (Wildman–Crippen LogP) is 2.74. The summed E-state index contributed by atoms with van der Waals surface area (Å²) in [5, 5.41) is 0.969. The summed E-state index contributed by atoms with van der Waals surface area (Å²) in [6.45, 7) is 8.79. The molecule has 1 aliphatic heterocycles. The van der Waals surface area contributed by atoms with Crippen LogP contribution in [0, 0.1) is 0 Å². The highest BCUT2D eigenvalue weighted by Gasteiger charge is 2.52. The van der Waals surface area contributed by atoms with Crippen LogP contribution in [-0.2, 0) is 20.7 Å². The number of benzene rings is 1. The van der Waals surface area contributed by atoms with Crippen LogP contribution in [0.4, 0.5) is 0 Å². The van der Waals surface area contributed by atoms with Crippen LogP contribution in [0.1, 0.15) is 32.7 Å². The highest BCUT2D eigenvalue weighted by atomic mass is 32.1. The first kappa shape index (κ1) is 15.0. The average Bonchev–Trinajstić information content (AvgIpc) is 2.87. The van der Waals surface area contributed by atoms with Gasteiger partial charge in [0.15, 0.2) is 0 Å². The monoisotopic (exact) mass is 305 g/mol. The molecule has 1 aromatic heterocycles. The third-order valence-corrected chi connectivity index (χ3v) is 5.36. The van der Waals surface area contributed by atoms with Crippen LogP contribution in [0.15, 0.2) is 18.2 Å². The number of nitrogens with zero attached hydrogens (tertiary/aromatic N) is 1. The molecule has 0 saturated carbocycles. The van der Waals surface area contributed by atoms with Gasteiger partial charge in [0.25, 0.3) is 0 Å². The zero-order valence-electron chi connectivity index (χ0n) is 13.1. The summed E-state index contributed by atoms with van der Waals surface area (Å²) in [5.41, 5.74) is 1.35. The molecule has 21 heavy (non-hydrogen) atoms. The van der Waals surface area contributed by atoms with E-state index < -0.39 is 0 Å². The average molecular weight is 305 g/mol. The van der Waals surface area contributed by atoms with Crippen molar-refractivity contribution < 1.29 is 14.0 Å². The van der Waals surface area contributed by atoms with E-state index >= 15 is 0 Å². The molecule has 1 aliphatic rings. The van der Waals surface area contributed by atoms with Gasteiger partial charge in [-0.3, -0.25) is 0 Å². The summed E-state index contributed by atoms with van der Waals surface area (Å²) in [5.74, 6) is 0. The molecule has 1 saturated heterocycles. The predicted molar refractivity (Wildman–Crippen MR) is 86.0 cm³/mol. The standard InChI is InChI=1S/C15H20BNO3S/c1-14(2)15(3,4)20-16(19-14)10-7-6-8-11-13(10)21-12(17-11)9-18-5/h6-8H,9H2,1-5H3. The van der Waals surface area contributed by atoms with E-state index in [0.717, 1.165) is 20.7 Å². The number of thiazole rings is 1. The molecule has 6 heteroatoms. The van der Waals surface area contributed by atoms with Gasteiger partial charge in [-0.1, -0.05) is 12.1 Å². The van der Waals surface area contributed by atoms with Crippen LogP contribution < -0.4 is 5.46 Å². The molecule has 0 atom stereocenters. The SMILES string of the molecule is COCc1nc2cccc(B3OC(C)(C)C(C)(C)O3)c2s1. The first-order valence-corrected chi connectivity index (χ1v) is 7.88. The molecule has 0 spiro atoms. The topological polar surface area (TPSA) is 40.6 Å². The maximum atomic E-state index is 6.15. The second-order valence-electron chi connectivity index (χ2n) is 6.32. The first-order valence-electron chi connectivity index (χ1n) is 7.07. The van der Waals surface area contributed by atoms with Gasteiger partial charge in [-0.25, -0.2) is 4.98 Å². The summed E-state index contributed by atoms with van der Waals surface area (Å²) < 4.78 is 18.6. The van der Waals surface area contributed by atoms with E-state index in [2.05, 4.69) is 38.7 Å². The van der Waals surface area contributed by atoms with Gasteiger partial charge in [0, 0.05) is 12.6 Å². The van der Waals surface area contributed by atoms with Crippen molar-refractivity contribution in [2.75, 3.05) is 7.11 Å². The fourth-order valence-electron chi connectivity index (χ4n) is 2.36. The Morgan fingerprint density at radius 1 is 1.19 bits per heavy atom. The molecule has 0 amide bonds. The Balaban J connectivity index is 2.01. The van der Waals surface area contributed by atoms with Crippen molar-refractivity contribution in [3.63, 3.8) is 0 Å². The number of hydrogen-bond donors (Lipinski definition) is 0. The van der Waals surface area contributed by atoms with E-state index in [4.69, 9.17) is 14.0 Å². The van der Waals surface area contributed by atoms with Gasteiger partial charge >= 0.3 is 7.12 Å². The van der Waals surface area contributed by atoms with Crippen LogP contribution in [0.2, 0.25) is 0 Å². The van der Waals surface area contributed by atoms with Crippen molar-refractivity contribution >= 4 is 34.1 Å². The summed E-state index contributed by atoms with van der Waals surface area (Å²) in [6, 6.07) is 6.07. The van der Waals surface area contributed by atoms with E-state index in [0.29, 0.717) is 6.61 Å². The smallest absolute Gasteiger partial charge is 0.399 e. The number of rotatable bonds is 3. The van der Waals surface area contributed by atoms with Crippen LogP contribution in [0.25, 0.3) is 10.2 Å². The molecular formula is C15H20BNO3S. The van der Waals surface area contributed by atoms with Crippen LogP contribution in [-0.4, -0.2) is 30.4 Å². The van der Waals surface area contributed by atoms with Crippen molar-refractivity contribution in [1.82, 2.24) is 4.98 Å². The molecule has 4 nitrogen and oxygen atoms in total. The molecule has 112 valence electrons. The minimum atomic E-state index is -0.352. The first-order chi connectivity index (χ1) is 9.84. The summed E-state index contributed by atoms with van der Waals surface area (Å²) in [4.78, 5) is 4.59. The number of fused-ring (bicyclic) bond motifs is 1. The summed E-state index contributed by atoms with van der Waals surface area (Å²) >= 11 is 1.64. The van der Waals surface area contributed by atoms with Crippen molar-refractivity contribution in [2.45, 2.75) is 45.5 Å². The largest absolute Gasteiger partial charge is 0.496 e.